The molecule has 0 bridgehead atoms. The summed E-state index contributed by atoms with van der Waals surface area (Å²) in [4.78, 5) is 0. The molecule has 0 atom stereocenters. The molecule has 2 aromatic rings. The van der Waals surface area contributed by atoms with Crippen molar-refractivity contribution < 1.29 is 0 Å². The van der Waals surface area contributed by atoms with E-state index in [1.54, 1.807) is 31.4 Å². The minimum Gasteiger partial charge on any atom is -0.0654 e. The molecule has 55 heavy (non-hydrogen) atoms. The molecule has 0 N–H and O–H groups in total. The predicted molar refractivity (Wildman–Crippen MR) is 260 cm³/mol. The molecule has 314 valence electrons. The Morgan fingerprint density at radius 1 is 0.327 bits per heavy atom. The minimum absolute atomic E-state index is 1.26. The van der Waals surface area contributed by atoms with Crippen LogP contribution in [0.2, 0.25) is 0 Å². The lowest BCUT2D eigenvalue weighted by atomic mass is 9.82. The second-order valence-electron chi connectivity index (χ2n) is 17.3. The molecule has 0 aliphatic heterocycles. The van der Waals surface area contributed by atoms with Gasteiger partial charge in [0.15, 0.2) is 0 Å². The van der Waals surface area contributed by atoms with Crippen LogP contribution in [0.15, 0.2) is 30.3 Å². The molecule has 0 amide bonds. The largest absolute Gasteiger partial charge is 0.0654 e. The minimum atomic E-state index is 1.26. The van der Waals surface area contributed by atoms with Gasteiger partial charge >= 0.3 is 0 Å². The molecule has 0 heterocycles. The summed E-state index contributed by atoms with van der Waals surface area (Å²) < 4.78 is 1.59. The normalized spacial score (nSPS) is 11.7. The van der Waals surface area contributed by atoms with Gasteiger partial charge in [0.2, 0.25) is 0 Å². The maximum absolute atomic E-state index is 2.82. The Morgan fingerprint density at radius 2 is 0.618 bits per heavy atom. The molecule has 0 spiro atoms. The zero-order valence-corrected chi connectivity index (χ0v) is 39.5. The summed E-state index contributed by atoms with van der Waals surface area (Å²) in [5, 5.41) is 0. The van der Waals surface area contributed by atoms with Gasteiger partial charge in [0.05, 0.1) is 0 Å². The molecular weight excluding hydrogens is 775 g/mol. The van der Waals surface area contributed by atoms with Crippen molar-refractivity contribution in [2.75, 3.05) is 0 Å². The first-order chi connectivity index (χ1) is 27.2. The highest BCUT2D eigenvalue weighted by atomic mass is 127. The number of benzene rings is 2. The third-order valence-corrected chi connectivity index (χ3v) is 13.5. The van der Waals surface area contributed by atoms with Crippen molar-refractivity contribution in [1.29, 1.82) is 0 Å². The second kappa shape index (κ2) is 36.0. The van der Waals surface area contributed by atoms with Gasteiger partial charge < -0.3 is 0 Å². The van der Waals surface area contributed by atoms with Gasteiger partial charge in [-0.1, -0.05) is 250 Å². The molecule has 0 fully saturated rings. The van der Waals surface area contributed by atoms with Crippen LogP contribution in [0.25, 0.3) is 12.2 Å². The highest BCUT2D eigenvalue weighted by Crippen LogP contribution is 2.36. The van der Waals surface area contributed by atoms with Crippen LogP contribution < -0.4 is 0 Å². The van der Waals surface area contributed by atoms with Crippen LogP contribution in [0.3, 0.4) is 0 Å². The van der Waals surface area contributed by atoms with Crippen LogP contribution in [-0.2, 0) is 25.7 Å². The SMILES string of the molecule is CCCCCCCCCCCCCCCCc1c(/C=C/c2ccccc2)c(I)c(CCCCCCCC)c(CCCCCCCC)c1CCCCCCCC. The average Bonchev–Trinajstić information content (AvgIpc) is 3.20. The number of rotatable bonds is 38. The summed E-state index contributed by atoms with van der Waals surface area (Å²) in [6.45, 7) is 9.35. The van der Waals surface area contributed by atoms with E-state index in [0.717, 1.165) is 0 Å². The van der Waals surface area contributed by atoms with Gasteiger partial charge in [0.25, 0.3) is 0 Å². The van der Waals surface area contributed by atoms with E-state index in [0.29, 0.717) is 0 Å². The first-order valence-corrected chi connectivity index (χ1v) is 25.8. The van der Waals surface area contributed by atoms with E-state index in [2.05, 4.69) is 92.8 Å². The smallest absolute Gasteiger partial charge is 0.0240 e. The fraction of sp³-hybridized carbons (Fsp3) is 0.741. The zero-order chi connectivity index (χ0) is 39.4. The van der Waals surface area contributed by atoms with E-state index >= 15 is 0 Å². The summed E-state index contributed by atoms with van der Waals surface area (Å²) >= 11 is 2.82. The van der Waals surface area contributed by atoms with Crippen molar-refractivity contribution in [3.05, 3.63) is 67.3 Å². The molecule has 2 rings (SSSR count). The van der Waals surface area contributed by atoms with Gasteiger partial charge in [-0.3, -0.25) is 0 Å². The molecule has 2 aromatic carbocycles. The highest BCUT2D eigenvalue weighted by molar-refractivity contribution is 14.1. The van der Waals surface area contributed by atoms with Crippen LogP contribution in [-0.4, -0.2) is 0 Å². The van der Waals surface area contributed by atoms with Gasteiger partial charge in [0, 0.05) is 3.57 Å². The van der Waals surface area contributed by atoms with E-state index < -0.39 is 0 Å². The van der Waals surface area contributed by atoms with Crippen LogP contribution in [0, 0.1) is 3.57 Å². The Balaban J connectivity index is 2.30. The molecule has 0 aliphatic rings. The van der Waals surface area contributed by atoms with Gasteiger partial charge in [-0.2, -0.15) is 0 Å². The maximum atomic E-state index is 2.82. The van der Waals surface area contributed by atoms with Crippen LogP contribution in [0.5, 0.6) is 0 Å². The summed E-state index contributed by atoms with van der Waals surface area (Å²) in [7, 11) is 0. The lowest BCUT2D eigenvalue weighted by Crippen LogP contribution is -2.12. The third kappa shape index (κ3) is 23.8. The van der Waals surface area contributed by atoms with Gasteiger partial charge in [-0.15, -0.1) is 0 Å². The Bertz CT molecular complexity index is 1180. The van der Waals surface area contributed by atoms with Gasteiger partial charge in [-0.05, 0) is 107 Å². The topological polar surface area (TPSA) is 0 Å². The Hall–Kier alpha value is -1.09. The summed E-state index contributed by atoms with van der Waals surface area (Å²) in [6, 6.07) is 11.1. The molecule has 1 heteroatoms. The predicted octanol–water partition coefficient (Wildman–Crippen LogP) is 19.2. The molecular formula is C54H91I. The van der Waals surface area contributed by atoms with Gasteiger partial charge in [-0.25, -0.2) is 0 Å². The van der Waals surface area contributed by atoms with Crippen LogP contribution in [0.1, 0.15) is 267 Å². The number of halogens is 1. The summed E-state index contributed by atoms with van der Waals surface area (Å²) in [5.74, 6) is 0. The second-order valence-corrected chi connectivity index (χ2v) is 18.4. The van der Waals surface area contributed by atoms with E-state index in [1.165, 1.54) is 237 Å². The number of hydrogen-bond donors (Lipinski definition) is 0. The molecule has 0 saturated carbocycles. The van der Waals surface area contributed by atoms with E-state index in [1.807, 2.05) is 0 Å². The van der Waals surface area contributed by atoms with Crippen LogP contribution in [0.4, 0.5) is 0 Å². The monoisotopic (exact) mass is 867 g/mol. The number of unbranched alkanes of at least 4 members (excludes halogenated alkanes) is 28. The van der Waals surface area contributed by atoms with Crippen LogP contribution >= 0.6 is 22.6 Å². The molecule has 0 unspecified atom stereocenters. The fourth-order valence-electron chi connectivity index (χ4n) is 8.76. The average molecular weight is 867 g/mol. The lowest BCUT2D eigenvalue weighted by Gasteiger charge is -2.25. The van der Waals surface area contributed by atoms with Crippen molar-refractivity contribution in [2.45, 2.75) is 259 Å². The molecule has 0 radical (unpaired) electrons. The Morgan fingerprint density at radius 3 is 0.982 bits per heavy atom. The highest BCUT2D eigenvalue weighted by Gasteiger charge is 2.21. The van der Waals surface area contributed by atoms with Crippen molar-refractivity contribution in [3.63, 3.8) is 0 Å². The van der Waals surface area contributed by atoms with E-state index in [4.69, 9.17) is 0 Å². The molecule has 0 saturated heterocycles. The number of hydrogen-bond acceptors (Lipinski definition) is 0. The van der Waals surface area contributed by atoms with Gasteiger partial charge in [0.1, 0.15) is 0 Å². The van der Waals surface area contributed by atoms with Crippen molar-refractivity contribution in [1.82, 2.24) is 0 Å². The first-order valence-electron chi connectivity index (χ1n) is 24.8. The van der Waals surface area contributed by atoms with Crippen molar-refractivity contribution in [2.24, 2.45) is 0 Å². The van der Waals surface area contributed by atoms with Crippen molar-refractivity contribution in [3.8, 4) is 0 Å². The Labute approximate surface area is 358 Å². The standard InChI is InChI=1S/C54H91I/c1-5-9-13-17-21-22-23-24-25-26-27-28-32-38-44-51-49(42-36-29-18-14-10-6-2)50(43-37-30-19-15-11-7-3)52(45-39-31-20-16-12-8-4)54(55)53(51)47-46-48-40-34-33-35-41-48/h33-35,40-41,46-47H,5-32,36-39,42-45H2,1-4H3/b47-46+. The maximum Gasteiger partial charge on any atom is 0.0240 e. The zero-order valence-electron chi connectivity index (χ0n) is 37.4. The lowest BCUT2D eigenvalue weighted by molar-refractivity contribution is 0.535. The quantitative estimate of drug-likeness (QED) is 0.0358. The third-order valence-electron chi connectivity index (χ3n) is 12.3. The molecule has 0 aliphatic carbocycles. The fourth-order valence-corrected chi connectivity index (χ4v) is 9.86. The summed E-state index contributed by atoms with van der Waals surface area (Å²) in [6.07, 6.45) is 55.0. The first kappa shape index (κ1) is 50.1. The molecule has 0 nitrogen and oxygen atoms in total. The van der Waals surface area contributed by atoms with E-state index in [-0.39, 0.29) is 0 Å². The van der Waals surface area contributed by atoms with E-state index in [9.17, 15) is 0 Å². The summed E-state index contributed by atoms with van der Waals surface area (Å²) in [5.41, 5.74) is 9.98. The van der Waals surface area contributed by atoms with Crippen molar-refractivity contribution >= 4 is 34.7 Å². The Kier molecular flexibility index (Phi) is 32.8. The molecule has 0 aromatic heterocycles.